The summed E-state index contributed by atoms with van der Waals surface area (Å²) in [6.07, 6.45) is 3.26. The highest BCUT2D eigenvalue weighted by atomic mass is 35.5. The molecule has 0 unspecified atom stereocenters. The summed E-state index contributed by atoms with van der Waals surface area (Å²) < 4.78 is 0. The number of hydrogen-bond acceptors (Lipinski definition) is 5. The molecule has 0 aliphatic rings. The SMILES string of the molecule is O=[N+]([O-])c1cc(O)c(N=Cc2ccc3ncccc3c2)cc1Cl. The van der Waals surface area contributed by atoms with Crippen LogP contribution in [0.1, 0.15) is 5.56 Å². The van der Waals surface area contributed by atoms with Crippen LogP contribution < -0.4 is 0 Å². The van der Waals surface area contributed by atoms with Crippen LogP contribution in [0, 0.1) is 10.1 Å². The number of nitro groups is 1. The molecule has 1 aromatic heterocycles. The fourth-order valence-electron chi connectivity index (χ4n) is 2.10. The number of fused-ring (bicyclic) bond motifs is 1. The highest BCUT2D eigenvalue weighted by Gasteiger charge is 2.16. The number of phenols is 1. The van der Waals surface area contributed by atoms with E-state index in [1.54, 1.807) is 12.4 Å². The van der Waals surface area contributed by atoms with Crippen LogP contribution in [0.15, 0.2) is 53.7 Å². The van der Waals surface area contributed by atoms with E-state index in [1.807, 2.05) is 30.3 Å². The molecule has 114 valence electrons. The largest absolute Gasteiger partial charge is 0.505 e. The van der Waals surface area contributed by atoms with Crippen LogP contribution in [0.3, 0.4) is 0 Å². The van der Waals surface area contributed by atoms with E-state index >= 15 is 0 Å². The van der Waals surface area contributed by atoms with Crippen LogP contribution in [0.25, 0.3) is 10.9 Å². The highest BCUT2D eigenvalue weighted by molar-refractivity contribution is 6.33. The van der Waals surface area contributed by atoms with Gasteiger partial charge in [0.15, 0.2) is 0 Å². The molecule has 0 atom stereocenters. The van der Waals surface area contributed by atoms with E-state index in [0.717, 1.165) is 22.5 Å². The molecule has 0 saturated heterocycles. The first-order valence-electron chi connectivity index (χ1n) is 6.60. The van der Waals surface area contributed by atoms with Gasteiger partial charge < -0.3 is 5.11 Å². The zero-order valence-corrected chi connectivity index (χ0v) is 12.4. The zero-order chi connectivity index (χ0) is 16.4. The minimum Gasteiger partial charge on any atom is -0.505 e. The van der Waals surface area contributed by atoms with Crippen molar-refractivity contribution in [3.05, 3.63) is 69.4 Å². The molecule has 0 aliphatic heterocycles. The lowest BCUT2D eigenvalue weighted by Gasteiger charge is -2.02. The van der Waals surface area contributed by atoms with Crippen molar-refractivity contribution in [1.82, 2.24) is 4.98 Å². The summed E-state index contributed by atoms with van der Waals surface area (Å²) >= 11 is 5.82. The number of halogens is 1. The second kappa shape index (κ2) is 6.02. The predicted molar refractivity (Wildman–Crippen MR) is 88.8 cm³/mol. The van der Waals surface area contributed by atoms with E-state index in [1.165, 1.54) is 6.07 Å². The summed E-state index contributed by atoms with van der Waals surface area (Å²) in [5.74, 6) is -0.306. The van der Waals surface area contributed by atoms with Crippen LogP contribution in [0.2, 0.25) is 5.02 Å². The standard InChI is InChI=1S/C16H10ClN3O3/c17-12-7-14(16(21)8-15(12)20(22)23)19-9-10-3-4-13-11(6-10)2-1-5-18-13/h1-9,21H. The topological polar surface area (TPSA) is 88.6 Å². The number of pyridine rings is 1. The van der Waals surface area contributed by atoms with Gasteiger partial charge in [-0.3, -0.25) is 20.1 Å². The monoisotopic (exact) mass is 327 g/mol. The average Bonchev–Trinajstić information content (AvgIpc) is 2.54. The van der Waals surface area contributed by atoms with Gasteiger partial charge in [-0.05, 0) is 29.8 Å². The first-order chi connectivity index (χ1) is 11.0. The molecule has 0 saturated carbocycles. The molecule has 3 aromatic rings. The smallest absolute Gasteiger partial charge is 0.291 e. The quantitative estimate of drug-likeness (QED) is 0.442. The number of hydrogen-bond donors (Lipinski definition) is 1. The van der Waals surface area contributed by atoms with Crippen molar-refractivity contribution in [2.75, 3.05) is 0 Å². The van der Waals surface area contributed by atoms with Gasteiger partial charge in [-0.2, -0.15) is 0 Å². The van der Waals surface area contributed by atoms with Crippen molar-refractivity contribution in [2.45, 2.75) is 0 Å². The van der Waals surface area contributed by atoms with Gasteiger partial charge in [0.1, 0.15) is 16.5 Å². The highest BCUT2D eigenvalue weighted by Crippen LogP contribution is 2.36. The molecule has 6 nitrogen and oxygen atoms in total. The van der Waals surface area contributed by atoms with Crippen molar-refractivity contribution in [1.29, 1.82) is 0 Å². The summed E-state index contributed by atoms with van der Waals surface area (Å²) in [5, 5.41) is 21.5. The van der Waals surface area contributed by atoms with Crippen LogP contribution in [-0.4, -0.2) is 21.2 Å². The Hall–Kier alpha value is -2.99. The Labute approximate surface area is 135 Å². The summed E-state index contributed by atoms with van der Waals surface area (Å²) in [7, 11) is 0. The van der Waals surface area contributed by atoms with Crippen molar-refractivity contribution in [2.24, 2.45) is 4.99 Å². The molecule has 0 amide bonds. The van der Waals surface area contributed by atoms with E-state index in [9.17, 15) is 15.2 Å². The maximum absolute atomic E-state index is 10.8. The number of nitrogens with zero attached hydrogens (tertiary/aromatic N) is 3. The molecule has 23 heavy (non-hydrogen) atoms. The fourth-order valence-corrected chi connectivity index (χ4v) is 2.33. The lowest BCUT2D eigenvalue weighted by Crippen LogP contribution is -1.89. The molecule has 0 spiro atoms. The predicted octanol–water partition coefficient (Wildman–Crippen LogP) is 4.25. The third kappa shape index (κ3) is 3.12. The molecule has 7 heteroatoms. The number of phenolic OH excluding ortho intramolecular Hbond substituents is 1. The second-order valence-corrected chi connectivity index (χ2v) is 5.17. The second-order valence-electron chi connectivity index (χ2n) is 4.76. The van der Waals surface area contributed by atoms with Gasteiger partial charge in [0, 0.05) is 17.8 Å². The van der Waals surface area contributed by atoms with Crippen LogP contribution in [0.4, 0.5) is 11.4 Å². The molecule has 3 rings (SSSR count). The average molecular weight is 328 g/mol. The van der Waals surface area contributed by atoms with Gasteiger partial charge in [-0.25, -0.2) is 0 Å². The molecule has 0 radical (unpaired) electrons. The van der Waals surface area contributed by atoms with Crippen molar-refractivity contribution >= 4 is 40.1 Å². The van der Waals surface area contributed by atoms with E-state index in [2.05, 4.69) is 9.98 Å². The summed E-state index contributed by atoms with van der Waals surface area (Å²) in [4.78, 5) is 18.5. The first-order valence-corrected chi connectivity index (χ1v) is 6.98. The number of benzene rings is 2. The summed E-state index contributed by atoms with van der Waals surface area (Å²) in [5.41, 5.74) is 1.47. The Morgan fingerprint density at radius 2 is 2.09 bits per heavy atom. The van der Waals surface area contributed by atoms with Gasteiger partial charge in [0.2, 0.25) is 0 Å². The lowest BCUT2D eigenvalue weighted by molar-refractivity contribution is -0.384. The van der Waals surface area contributed by atoms with Gasteiger partial charge in [0.05, 0.1) is 16.5 Å². The number of aliphatic imine (C=N–C) groups is 1. The van der Waals surface area contributed by atoms with Crippen LogP contribution in [0.5, 0.6) is 5.75 Å². The molecule has 1 N–H and O–H groups in total. The Morgan fingerprint density at radius 1 is 1.26 bits per heavy atom. The van der Waals surface area contributed by atoms with Gasteiger partial charge >= 0.3 is 0 Å². The van der Waals surface area contributed by atoms with E-state index < -0.39 is 4.92 Å². The Balaban J connectivity index is 1.95. The fraction of sp³-hybridized carbons (Fsp3) is 0. The van der Waals surface area contributed by atoms with Crippen molar-refractivity contribution in [3.8, 4) is 5.75 Å². The van der Waals surface area contributed by atoms with Gasteiger partial charge in [0.25, 0.3) is 5.69 Å². The molecule has 0 fully saturated rings. The maximum atomic E-state index is 10.8. The van der Waals surface area contributed by atoms with E-state index in [-0.39, 0.29) is 22.1 Å². The van der Waals surface area contributed by atoms with Crippen LogP contribution in [-0.2, 0) is 0 Å². The third-order valence-corrected chi connectivity index (χ3v) is 3.52. The van der Waals surface area contributed by atoms with Crippen LogP contribution >= 0.6 is 11.6 Å². The Bertz CT molecular complexity index is 941. The maximum Gasteiger partial charge on any atom is 0.291 e. The summed E-state index contributed by atoms with van der Waals surface area (Å²) in [6.45, 7) is 0. The Kier molecular flexibility index (Phi) is 3.91. The summed E-state index contributed by atoms with van der Waals surface area (Å²) in [6, 6.07) is 11.6. The van der Waals surface area contributed by atoms with Gasteiger partial charge in [-0.1, -0.05) is 23.7 Å². The normalized spacial score (nSPS) is 11.2. The molecular formula is C16H10ClN3O3. The zero-order valence-electron chi connectivity index (χ0n) is 11.7. The number of aromatic nitrogens is 1. The number of rotatable bonds is 3. The molecular weight excluding hydrogens is 318 g/mol. The first kappa shape index (κ1) is 14.9. The van der Waals surface area contributed by atoms with E-state index in [4.69, 9.17) is 11.6 Å². The van der Waals surface area contributed by atoms with E-state index in [0.29, 0.717) is 0 Å². The molecule has 0 bridgehead atoms. The number of nitro benzene ring substituents is 1. The molecule has 1 heterocycles. The van der Waals surface area contributed by atoms with Crippen molar-refractivity contribution in [3.63, 3.8) is 0 Å². The lowest BCUT2D eigenvalue weighted by atomic mass is 10.1. The van der Waals surface area contributed by atoms with Gasteiger partial charge in [-0.15, -0.1) is 0 Å². The molecule has 2 aromatic carbocycles. The minimum atomic E-state index is -0.661. The third-order valence-electron chi connectivity index (χ3n) is 3.22. The number of aromatic hydroxyl groups is 1. The Morgan fingerprint density at radius 3 is 2.87 bits per heavy atom. The van der Waals surface area contributed by atoms with Crippen molar-refractivity contribution < 1.29 is 10.0 Å². The molecule has 0 aliphatic carbocycles. The minimum absolute atomic E-state index is 0.0809.